The predicted octanol–water partition coefficient (Wildman–Crippen LogP) is 1.61. The molecule has 86 valence electrons. The molecule has 1 heterocycles. The zero-order valence-corrected chi connectivity index (χ0v) is 10.3. The van der Waals surface area contributed by atoms with Crippen molar-refractivity contribution in [2.75, 3.05) is 20.1 Å². The maximum absolute atomic E-state index is 8.80. The highest BCUT2D eigenvalue weighted by Gasteiger charge is 2.26. The van der Waals surface area contributed by atoms with E-state index in [-0.39, 0.29) is 5.82 Å². The fraction of sp³-hybridized carbons (Fsp3) is 1.00. The minimum Gasteiger partial charge on any atom is -0.427 e. The summed E-state index contributed by atoms with van der Waals surface area (Å²) in [7, 11) is 0.952. The highest BCUT2D eigenvalue weighted by Crippen LogP contribution is 2.22. The molecule has 0 radical (unpaired) electrons. The lowest BCUT2D eigenvalue weighted by Gasteiger charge is -2.27. The van der Waals surface area contributed by atoms with Gasteiger partial charge in [0.1, 0.15) is 0 Å². The van der Waals surface area contributed by atoms with Crippen molar-refractivity contribution < 1.29 is 10.0 Å². The molecule has 0 aromatic carbocycles. The summed E-state index contributed by atoms with van der Waals surface area (Å²) in [5, 5.41) is 17.6. The van der Waals surface area contributed by atoms with Crippen LogP contribution in [0.25, 0.3) is 0 Å². The van der Waals surface area contributed by atoms with Crippen LogP contribution in [-0.4, -0.2) is 42.2 Å². The van der Waals surface area contributed by atoms with Gasteiger partial charge < -0.3 is 14.9 Å². The van der Waals surface area contributed by atoms with E-state index in [4.69, 9.17) is 10.0 Å². The van der Waals surface area contributed by atoms with Crippen molar-refractivity contribution >= 4 is 7.12 Å². The summed E-state index contributed by atoms with van der Waals surface area (Å²) in [6.07, 6.45) is 1.82. The summed E-state index contributed by atoms with van der Waals surface area (Å²) in [5.74, 6) is 0.108. The number of piperidine rings is 1. The molecule has 0 bridgehead atoms. The Morgan fingerprint density at radius 3 is 1.64 bits per heavy atom. The molecule has 0 amide bonds. The number of hydrogen-bond acceptors (Lipinski definition) is 3. The van der Waals surface area contributed by atoms with Crippen LogP contribution in [0, 0.1) is 0 Å². The van der Waals surface area contributed by atoms with Crippen molar-refractivity contribution in [3.05, 3.63) is 0 Å². The van der Waals surface area contributed by atoms with Crippen molar-refractivity contribution in [1.82, 2.24) is 4.90 Å². The first-order valence-electron chi connectivity index (χ1n) is 5.75. The molecule has 0 unspecified atom stereocenters. The molecule has 1 rings (SSSR count). The van der Waals surface area contributed by atoms with Crippen molar-refractivity contribution in [2.45, 2.75) is 46.4 Å². The van der Waals surface area contributed by atoms with Gasteiger partial charge in [0.15, 0.2) is 0 Å². The molecule has 0 aliphatic carbocycles. The molecule has 1 saturated heterocycles. The Balaban J connectivity index is 0. The normalized spacial score (nSPS) is 17.4. The van der Waals surface area contributed by atoms with Crippen LogP contribution in [0.15, 0.2) is 0 Å². The number of rotatable bonds is 1. The van der Waals surface area contributed by atoms with Gasteiger partial charge in [-0.3, -0.25) is 0 Å². The largest absolute Gasteiger partial charge is 0.454 e. The maximum atomic E-state index is 8.80. The molecule has 1 aliphatic rings. The predicted molar refractivity (Wildman–Crippen MR) is 63.4 cm³/mol. The van der Waals surface area contributed by atoms with Crippen LogP contribution >= 0.6 is 0 Å². The second-order valence-electron chi connectivity index (χ2n) is 3.05. The zero-order valence-electron chi connectivity index (χ0n) is 10.3. The van der Waals surface area contributed by atoms with Gasteiger partial charge in [0, 0.05) is 0 Å². The minimum atomic E-state index is -1.10. The molecule has 1 aliphatic heterocycles. The summed E-state index contributed by atoms with van der Waals surface area (Å²) >= 11 is 0. The van der Waals surface area contributed by atoms with Crippen LogP contribution in [0.1, 0.15) is 40.5 Å². The summed E-state index contributed by atoms with van der Waals surface area (Å²) in [6.45, 7) is 9.98. The molecule has 0 saturated carbocycles. The lowest BCUT2D eigenvalue weighted by Crippen LogP contribution is -2.34. The van der Waals surface area contributed by atoms with Crippen LogP contribution in [0.4, 0.5) is 0 Å². The lowest BCUT2D eigenvalue weighted by atomic mass is 9.68. The van der Waals surface area contributed by atoms with Crippen LogP contribution in [0.5, 0.6) is 0 Å². The van der Waals surface area contributed by atoms with Crippen LogP contribution < -0.4 is 0 Å². The number of nitrogens with zero attached hydrogens (tertiary/aromatic N) is 1. The molecule has 1 fully saturated rings. The van der Waals surface area contributed by atoms with Crippen molar-refractivity contribution in [2.24, 2.45) is 0 Å². The second kappa shape index (κ2) is 11.0. The van der Waals surface area contributed by atoms with Gasteiger partial charge in [-0.05, 0) is 38.8 Å². The molecule has 0 spiro atoms. The minimum absolute atomic E-state index is 0.108. The van der Waals surface area contributed by atoms with E-state index in [0.29, 0.717) is 0 Å². The Morgan fingerprint density at radius 2 is 1.36 bits per heavy atom. The highest BCUT2D eigenvalue weighted by molar-refractivity contribution is 6.43. The Hall–Kier alpha value is -0.0551. The monoisotopic (exact) mass is 203 g/mol. The topological polar surface area (TPSA) is 43.7 Å². The van der Waals surface area contributed by atoms with Crippen LogP contribution in [0.2, 0.25) is 5.82 Å². The Kier molecular flexibility index (Phi) is 12.9. The third-order valence-electron chi connectivity index (χ3n) is 2.18. The third-order valence-corrected chi connectivity index (χ3v) is 2.18. The van der Waals surface area contributed by atoms with E-state index in [2.05, 4.69) is 11.9 Å². The van der Waals surface area contributed by atoms with E-state index < -0.39 is 7.12 Å². The van der Waals surface area contributed by atoms with E-state index in [0.717, 1.165) is 25.9 Å². The zero-order chi connectivity index (χ0) is 11.6. The summed E-state index contributed by atoms with van der Waals surface area (Å²) in [6, 6.07) is 0. The molecule has 14 heavy (non-hydrogen) atoms. The average Bonchev–Trinajstić information content (AvgIpc) is 2.24. The average molecular weight is 203 g/mol. The van der Waals surface area contributed by atoms with Gasteiger partial charge >= 0.3 is 7.12 Å². The second-order valence-corrected chi connectivity index (χ2v) is 3.05. The summed E-state index contributed by atoms with van der Waals surface area (Å²) < 4.78 is 0. The van der Waals surface area contributed by atoms with E-state index in [1.807, 2.05) is 27.7 Å². The van der Waals surface area contributed by atoms with Gasteiger partial charge in [-0.25, -0.2) is 0 Å². The Bertz CT molecular complexity index is 104. The molecule has 0 atom stereocenters. The first-order valence-corrected chi connectivity index (χ1v) is 5.75. The van der Waals surface area contributed by atoms with Crippen LogP contribution in [0.3, 0.4) is 0 Å². The fourth-order valence-electron chi connectivity index (χ4n) is 1.33. The molecule has 0 aromatic rings. The van der Waals surface area contributed by atoms with Crippen LogP contribution in [-0.2, 0) is 0 Å². The smallest absolute Gasteiger partial charge is 0.427 e. The quantitative estimate of drug-likeness (QED) is 0.636. The van der Waals surface area contributed by atoms with Crippen molar-refractivity contribution in [3.63, 3.8) is 0 Å². The molecule has 2 N–H and O–H groups in total. The lowest BCUT2D eigenvalue weighted by molar-refractivity contribution is 0.253. The van der Waals surface area contributed by atoms with Gasteiger partial charge in [0.2, 0.25) is 0 Å². The molecule has 0 aromatic heterocycles. The molecular weight excluding hydrogens is 177 g/mol. The van der Waals surface area contributed by atoms with E-state index in [1.54, 1.807) is 0 Å². The summed E-state index contributed by atoms with van der Waals surface area (Å²) in [5.41, 5.74) is 0. The molecule has 4 heteroatoms. The van der Waals surface area contributed by atoms with Crippen molar-refractivity contribution in [1.29, 1.82) is 0 Å². The van der Waals surface area contributed by atoms with Gasteiger partial charge in [-0.1, -0.05) is 27.7 Å². The van der Waals surface area contributed by atoms with Gasteiger partial charge in [-0.2, -0.15) is 0 Å². The Labute approximate surface area is 89.3 Å². The van der Waals surface area contributed by atoms with E-state index in [1.165, 1.54) is 0 Å². The summed E-state index contributed by atoms with van der Waals surface area (Å²) in [4.78, 5) is 2.21. The highest BCUT2D eigenvalue weighted by atomic mass is 16.4. The maximum Gasteiger partial charge on any atom is 0.454 e. The first kappa shape index (κ1) is 16.4. The molecule has 3 nitrogen and oxygen atoms in total. The fourth-order valence-corrected chi connectivity index (χ4v) is 1.33. The van der Waals surface area contributed by atoms with E-state index in [9.17, 15) is 0 Å². The third kappa shape index (κ3) is 7.36. The van der Waals surface area contributed by atoms with Gasteiger partial charge in [0.25, 0.3) is 0 Å². The molecular formula is C10H26BNO2. The van der Waals surface area contributed by atoms with Gasteiger partial charge in [-0.15, -0.1) is 0 Å². The van der Waals surface area contributed by atoms with E-state index >= 15 is 0 Å². The SMILES string of the molecule is CC.CC.CN1CCC(B(O)O)CC1. The standard InChI is InChI=1S/C6H14BNO2.2C2H6/c1-8-4-2-6(3-5-8)7(9)10;2*1-2/h6,9-10H,2-5H2,1H3;2*1-2H3. The Morgan fingerprint density at radius 1 is 1.00 bits per heavy atom. The first-order chi connectivity index (χ1) is 6.70. The number of likely N-dealkylation sites (tertiary alicyclic amines) is 1. The number of hydrogen-bond donors (Lipinski definition) is 2. The van der Waals surface area contributed by atoms with Gasteiger partial charge in [0.05, 0.1) is 0 Å². The van der Waals surface area contributed by atoms with Crippen molar-refractivity contribution in [3.8, 4) is 0 Å².